The molecule has 0 saturated carbocycles. The molecule has 0 spiro atoms. The Labute approximate surface area is 151 Å². The van der Waals surface area contributed by atoms with Gasteiger partial charge < -0.3 is 4.74 Å². The summed E-state index contributed by atoms with van der Waals surface area (Å²) < 4.78 is 31.9. The van der Waals surface area contributed by atoms with Crippen LogP contribution in [-0.4, -0.2) is 30.4 Å². The molecule has 1 N–H and O–H groups in total. The first-order chi connectivity index (χ1) is 12.4. The third-order valence-electron chi connectivity index (χ3n) is 3.48. The molecule has 0 aliphatic carbocycles. The number of nitrogens with zero attached hydrogens (tertiary/aromatic N) is 2. The van der Waals surface area contributed by atoms with Crippen LogP contribution >= 0.6 is 0 Å². The van der Waals surface area contributed by atoms with Gasteiger partial charge >= 0.3 is 5.97 Å². The Morgan fingerprint density at radius 2 is 1.92 bits per heavy atom. The fourth-order valence-corrected chi connectivity index (χ4v) is 2.88. The number of sulfonamides is 1. The number of carbonyl (C=O) groups excluding carboxylic acids is 1. The number of aromatic nitrogens is 2. The summed E-state index contributed by atoms with van der Waals surface area (Å²) in [6, 6.07) is 15.5. The Bertz CT molecular complexity index is 997. The molecule has 0 radical (unpaired) electrons. The highest BCUT2D eigenvalue weighted by Gasteiger charge is 2.10. The third kappa shape index (κ3) is 4.70. The SMILES string of the molecule is CS(=O)(=O)Nc1cccc(C(=O)OCc2ccc(-n3cccn3)cc2)c1. The zero-order chi connectivity index (χ0) is 18.6. The molecule has 134 valence electrons. The molecule has 8 heteroatoms. The van der Waals surface area contributed by atoms with E-state index in [0.717, 1.165) is 17.5 Å². The Morgan fingerprint density at radius 1 is 1.15 bits per heavy atom. The normalized spacial score (nSPS) is 11.1. The van der Waals surface area contributed by atoms with Crippen LogP contribution in [0.15, 0.2) is 67.0 Å². The van der Waals surface area contributed by atoms with Crippen LogP contribution in [0, 0.1) is 0 Å². The van der Waals surface area contributed by atoms with Crippen LogP contribution in [0.2, 0.25) is 0 Å². The lowest BCUT2D eigenvalue weighted by atomic mass is 10.2. The van der Waals surface area contributed by atoms with E-state index in [2.05, 4.69) is 9.82 Å². The van der Waals surface area contributed by atoms with Crippen molar-refractivity contribution >= 4 is 21.7 Å². The van der Waals surface area contributed by atoms with Gasteiger partial charge in [0, 0.05) is 18.1 Å². The van der Waals surface area contributed by atoms with Gasteiger partial charge in [0.05, 0.1) is 17.5 Å². The molecule has 0 aliphatic rings. The van der Waals surface area contributed by atoms with Gasteiger partial charge in [-0.3, -0.25) is 4.72 Å². The molecule has 26 heavy (non-hydrogen) atoms. The van der Waals surface area contributed by atoms with E-state index in [9.17, 15) is 13.2 Å². The zero-order valence-electron chi connectivity index (χ0n) is 14.0. The Morgan fingerprint density at radius 3 is 2.58 bits per heavy atom. The van der Waals surface area contributed by atoms with Crippen molar-refractivity contribution in [2.45, 2.75) is 6.61 Å². The molecule has 0 bridgehead atoms. The monoisotopic (exact) mass is 371 g/mol. The maximum atomic E-state index is 12.2. The summed E-state index contributed by atoms with van der Waals surface area (Å²) in [5.41, 5.74) is 2.32. The molecule has 3 aromatic rings. The van der Waals surface area contributed by atoms with Crippen molar-refractivity contribution in [1.82, 2.24) is 9.78 Å². The van der Waals surface area contributed by atoms with Crippen LogP contribution in [0.1, 0.15) is 15.9 Å². The second kappa shape index (κ2) is 7.40. The number of nitrogens with one attached hydrogen (secondary N) is 1. The highest BCUT2D eigenvalue weighted by atomic mass is 32.2. The van der Waals surface area contributed by atoms with E-state index in [-0.39, 0.29) is 12.2 Å². The maximum absolute atomic E-state index is 12.2. The molecule has 0 unspecified atom stereocenters. The number of ether oxygens (including phenoxy) is 1. The molecule has 3 rings (SSSR count). The first-order valence-corrected chi connectivity index (χ1v) is 9.64. The molecule has 7 nitrogen and oxygen atoms in total. The number of anilines is 1. The molecule has 0 fully saturated rings. The number of carbonyl (C=O) groups is 1. The van der Waals surface area contributed by atoms with Gasteiger partial charge in [-0.1, -0.05) is 18.2 Å². The Balaban J connectivity index is 1.63. The molecular formula is C18H17N3O4S. The van der Waals surface area contributed by atoms with Crippen LogP contribution in [0.5, 0.6) is 0 Å². The molecule has 1 aromatic heterocycles. The van der Waals surface area contributed by atoms with Gasteiger partial charge in [-0.2, -0.15) is 5.10 Å². The maximum Gasteiger partial charge on any atom is 0.338 e. The van der Waals surface area contributed by atoms with E-state index < -0.39 is 16.0 Å². The van der Waals surface area contributed by atoms with Crippen LogP contribution in [0.25, 0.3) is 5.69 Å². The van der Waals surface area contributed by atoms with Crippen LogP contribution < -0.4 is 4.72 Å². The quantitative estimate of drug-likeness (QED) is 0.673. The highest BCUT2D eigenvalue weighted by molar-refractivity contribution is 7.92. The summed E-state index contributed by atoms with van der Waals surface area (Å²) in [7, 11) is -3.41. The van der Waals surface area contributed by atoms with E-state index in [4.69, 9.17) is 4.74 Å². The van der Waals surface area contributed by atoms with Gasteiger partial charge in [0.1, 0.15) is 6.61 Å². The average molecular weight is 371 g/mol. The summed E-state index contributed by atoms with van der Waals surface area (Å²) in [6.45, 7) is 0.113. The summed E-state index contributed by atoms with van der Waals surface area (Å²) in [6.07, 6.45) is 4.58. The predicted molar refractivity (Wildman–Crippen MR) is 97.6 cm³/mol. The minimum Gasteiger partial charge on any atom is -0.457 e. The van der Waals surface area contributed by atoms with Crippen molar-refractivity contribution in [2.24, 2.45) is 0 Å². The van der Waals surface area contributed by atoms with Crippen LogP contribution in [-0.2, 0) is 21.4 Å². The fraction of sp³-hybridized carbons (Fsp3) is 0.111. The predicted octanol–water partition coefficient (Wildman–Crippen LogP) is 2.60. The molecule has 0 amide bonds. The van der Waals surface area contributed by atoms with Crippen molar-refractivity contribution in [1.29, 1.82) is 0 Å². The summed E-state index contributed by atoms with van der Waals surface area (Å²) in [5.74, 6) is -0.529. The lowest BCUT2D eigenvalue weighted by molar-refractivity contribution is 0.0473. The van der Waals surface area contributed by atoms with Crippen LogP contribution in [0.3, 0.4) is 0 Å². The largest absolute Gasteiger partial charge is 0.457 e. The van der Waals surface area contributed by atoms with E-state index in [1.165, 1.54) is 6.07 Å². The summed E-state index contributed by atoms with van der Waals surface area (Å²) >= 11 is 0. The molecular weight excluding hydrogens is 354 g/mol. The van der Waals surface area contributed by atoms with Crippen molar-refractivity contribution in [3.63, 3.8) is 0 Å². The Hall–Kier alpha value is -3.13. The van der Waals surface area contributed by atoms with E-state index >= 15 is 0 Å². The van der Waals surface area contributed by atoms with Gasteiger partial charge in [0.25, 0.3) is 0 Å². The van der Waals surface area contributed by atoms with Gasteiger partial charge in [-0.05, 0) is 42.0 Å². The van der Waals surface area contributed by atoms with E-state index in [0.29, 0.717) is 5.69 Å². The van der Waals surface area contributed by atoms with Crippen molar-refractivity contribution in [3.05, 3.63) is 78.1 Å². The van der Waals surface area contributed by atoms with Crippen molar-refractivity contribution < 1.29 is 17.9 Å². The van der Waals surface area contributed by atoms with Gasteiger partial charge in [-0.15, -0.1) is 0 Å². The van der Waals surface area contributed by atoms with Gasteiger partial charge in [0.15, 0.2) is 0 Å². The first-order valence-electron chi connectivity index (χ1n) is 7.75. The van der Waals surface area contributed by atoms with Gasteiger partial charge in [0.2, 0.25) is 10.0 Å². The van der Waals surface area contributed by atoms with Crippen molar-refractivity contribution in [3.8, 4) is 5.69 Å². The lowest BCUT2D eigenvalue weighted by Gasteiger charge is -2.08. The first kappa shape index (κ1) is 17.7. The molecule has 0 aliphatic heterocycles. The number of hydrogen-bond acceptors (Lipinski definition) is 5. The van der Waals surface area contributed by atoms with Crippen LogP contribution in [0.4, 0.5) is 5.69 Å². The topological polar surface area (TPSA) is 90.3 Å². The summed E-state index contributed by atoms with van der Waals surface area (Å²) in [5, 5.41) is 4.15. The number of esters is 1. The molecule has 0 atom stereocenters. The molecule has 0 saturated heterocycles. The number of hydrogen-bond donors (Lipinski definition) is 1. The highest BCUT2D eigenvalue weighted by Crippen LogP contribution is 2.14. The lowest BCUT2D eigenvalue weighted by Crippen LogP contribution is -2.11. The molecule has 1 heterocycles. The smallest absolute Gasteiger partial charge is 0.338 e. The minimum absolute atomic E-state index is 0.113. The zero-order valence-corrected chi connectivity index (χ0v) is 14.8. The van der Waals surface area contributed by atoms with E-state index in [1.807, 2.05) is 36.5 Å². The third-order valence-corrected chi connectivity index (χ3v) is 4.08. The minimum atomic E-state index is -3.41. The standard InChI is InChI=1S/C18H17N3O4S/c1-26(23,24)20-16-5-2-4-15(12-16)18(22)25-13-14-6-8-17(9-7-14)21-11-3-10-19-21/h2-12,20H,13H2,1H3. The second-order valence-electron chi connectivity index (χ2n) is 5.65. The Kier molecular flexibility index (Phi) is 5.04. The van der Waals surface area contributed by atoms with E-state index in [1.54, 1.807) is 29.1 Å². The molecule has 2 aromatic carbocycles. The fourth-order valence-electron chi connectivity index (χ4n) is 2.32. The second-order valence-corrected chi connectivity index (χ2v) is 7.40. The van der Waals surface area contributed by atoms with Crippen molar-refractivity contribution in [2.75, 3.05) is 11.0 Å². The average Bonchev–Trinajstić information content (AvgIpc) is 3.13. The number of rotatable bonds is 6. The number of benzene rings is 2. The van der Waals surface area contributed by atoms with Gasteiger partial charge in [-0.25, -0.2) is 17.9 Å². The summed E-state index contributed by atoms with van der Waals surface area (Å²) in [4.78, 5) is 12.2.